The Labute approximate surface area is 113 Å². The van der Waals surface area contributed by atoms with Gasteiger partial charge >= 0.3 is 0 Å². The second-order valence-electron chi connectivity index (χ2n) is 4.86. The van der Waals surface area contributed by atoms with Crippen molar-refractivity contribution in [3.63, 3.8) is 0 Å². The van der Waals surface area contributed by atoms with E-state index < -0.39 is 0 Å². The molecule has 18 heavy (non-hydrogen) atoms. The summed E-state index contributed by atoms with van der Waals surface area (Å²) < 4.78 is 0. The number of benzene rings is 1. The van der Waals surface area contributed by atoms with Crippen LogP contribution in [-0.4, -0.2) is 28.8 Å². The van der Waals surface area contributed by atoms with Crippen molar-refractivity contribution in [1.29, 1.82) is 0 Å². The summed E-state index contributed by atoms with van der Waals surface area (Å²) in [5.74, 6) is 1.83. The molecule has 0 atom stereocenters. The highest BCUT2D eigenvalue weighted by molar-refractivity contribution is 7.99. The Kier molecular flexibility index (Phi) is 5.08. The number of hydrogen-bond acceptors (Lipinski definition) is 3. The molecule has 0 saturated heterocycles. The molecule has 0 aliphatic carbocycles. The summed E-state index contributed by atoms with van der Waals surface area (Å²) in [6.07, 6.45) is 1.18. The van der Waals surface area contributed by atoms with Crippen LogP contribution < -0.4 is 5.32 Å². The Bertz CT molecular complexity index is 446. The van der Waals surface area contributed by atoms with Gasteiger partial charge in [-0.25, -0.2) is 4.98 Å². The summed E-state index contributed by atoms with van der Waals surface area (Å²) in [4.78, 5) is 7.88. The Morgan fingerprint density at radius 3 is 2.94 bits per heavy atom. The predicted molar refractivity (Wildman–Crippen MR) is 79.1 cm³/mol. The zero-order valence-electron chi connectivity index (χ0n) is 11.1. The van der Waals surface area contributed by atoms with Crippen LogP contribution in [0.3, 0.4) is 0 Å². The molecule has 0 amide bonds. The second-order valence-corrected chi connectivity index (χ2v) is 5.94. The van der Waals surface area contributed by atoms with Crippen molar-refractivity contribution in [3.8, 4) is 0 Å². The molecule has 1 heterocycles. The van der Waals surface area contributed by atoms with Crippen molar-refractivity contribution in [2.24, 2.45) is 5.92 Å². The average molecular weight is 263 g/mol. The molecule has 0 unspecified atom stereocenters. The van der Waals surface area contributed by atoms with Gasteiger partial charge in [-0.1, -0.05) is 37.7 Å². The molecular weight excluding hydrogens is 242 g/mol. The molecule has 0 spiro atoms. The molecule has 0 aliphatic rings. The number of aromatic amines is 1. The van der Waals surface area contributed by atoms with Crippen molar-refractivity contribution >= 4 is 22.8 Å². The number of thioether (sulfide) groups is 1. The molecule has 2 rings (SSSR count). The highest BCUT2D eigenvalue weighted by Gasteiger charge is 2.01. The third kappa shape index (κ3) is 4.03. The minimum absolute atomic E-state index is 0.730. The first-order valence-corrected chi connectivity index (χ1v) is 7.52. The van der Waals surface area contributed by atoms with Crippen LogP contribution in [-0.2, 0) is 0 Å². The van der Waals surface area contributed by atoms with Crippen molar-refractivity contribution in [2.75, 3.05) is 18.8 Å². The molecule has 4 heteroatoms. The Hall–Kier alpha value is -1.00. The van der Waals surface area contributed by atoms with Gasteiger partial charge in [0.1, 0.15) is 0 Å². The van der Waals surface area contributed by atoms with Crippen LogP contribution in [0.1, 0.15) is 20.3 Å². The van der Waals surface area contributed by atoms with Gasteiger partial charge in [-0.15, -0.1) is 0 Å². The number of rotatable bonds is 7. The fourth-order valence-electron chi connectivity index (χ4n) is 1.75. The molecule has 0 saturated carbocycles. The minimum atomic E-state index is 0.730. The van der Waals surface area contributed by atoms with E-state index in [1.807, 2.05) is 18.2 Å². The Morgan fingerprint density at radius 2 is 2.17 bits per heavy atom. The van der Waals surface area contributed by atoms with Crippen LogP contribution in [0.15, 0.2) is 29.4 Å². The van der Waals surface area contributed by atoms with E-state index in [9.17, 15) is 0 Å². The lowest BCUT2D eigenvalue weighted by atomic mass is 10.2. The topological polar surface area (TPSA) is 40.7 Å². The maximum absolute atomic E-state index is 4.55. The maximum Gasteiger partial charge on any atom is 0.166 e. The van der Waals surface area contributed by atoms with Gasteiger partial charge in [0.05, 0.1) is 11.0 Å². The summed E-state index contributed by atoms with van der Waals surface area (Å²) in [5.41, 5.74) is 2.18. The summed E-state index contributed by atoms with van der Waals surface area (Å²) in [6, 6.07) is 8.16. The number of para-hydroxylation sites is 2. The molecule has 98 valence electrons. The van der Waals surface area contributed by atoms with Crippen molar-refractivity contribution in [2.45, 2.75) is 25.4 Å². The van der Waals surface area contributed by atoms with Gasteiger partial charge in [0.25, 0.3) is 0 Å². The first kappa shape index (κ1) is 13.4. The largest absolute Gasteiger partial charge is 0.333 e. The number of H-pyrrole nitrogens is 1. The monoisotopic (exact) mass is 263 g/mol. The van der Waals surface area contributed by atoms with Crippen molar-refractivity contribution in [3.05, 3.63) is 24.3 Å². The number of aromatic nitrogens is 2. The molecule has 1 aromatic heterocycles. The number of nitrogens with zero attached hydrogens (tertiary/aromatic N) is 1. The summed E-state index contributed by atoms with van der Waals surface area (Å²) in [7, 11) is 0. The number of fused-ring (bicyclic) bond motifs is 1. The van der Waals surface area contributed by atoms with Crippen LogP contribution in [0.5, 0.6) is 0 Å². The summed E-state index contributed by atoms with van der Waals surface area (Å²) in [5, 5.41) is 4.48. The van der Waals surface area contributed by atoms with Gasteiger partial charge in [0, 0.05) is 5.75 Å². The van der Waals surface area contributed by atoms with Crippen LogP contribution in [0.25, 0.3) is 11.0 Å². The van der Waals surface area contributed by atoms with Gasteiger partial charge in [-0.3, -0.25) is 0 Å². The van der Waals surface area contributed by atoms with E-state index in [2.05, 4.69) is 35.2 Å². The van der Waals surface area contributed by atoms with Crippen LogP contribution in [0.4, 0.5) is 0 Å². The van der Waals surface area contributed by atoms with Crippen LogP contribution in [0, 0.1) is 5.92 Å². The normalized spacial score (nSPS) is 11.5. The molecule has 1 aromatic carbocycles. The Morgan fingerprint density at radius 1 is 1.33 bits per heavy atom. The predicted octanol–water partition coefficient (Wildman–Crippen LogP) is 3.29. The summed E-state index contributed by atoms with van der Waals surface area (Å²) in [6.45, 7) is 6.66. The SMILES string of the molecule is CC(C)CNCCCSc1nc2ccccc2[nH]1. The highest BCUT2D eigenvalue weighted by atomic mass is 32.2. The van der Waals surface area contributed by atoms with E-state index in [-0.39, 0.29) is 0 Å². The molecule has 0 bridgehead atoms. The number of nitrogens with one attached hydrogen (secondary N) is 2. The van der Waals surface area contributed by atoms with E-state index in [4.69, 9.17) is 0 Å². The van der Waals surface area contributed by atoms with Gasteiger partial charge < -0.3 is 10.3 Å². The first-order chi connectivity index (χ1) is 8.75. The highest BCUT2D eigenvalue weighted by Crippen LogP contribution is 2.19. The molecule has 0 radical (unpaired) electrons. The quantitative estimate of drug-likeness (QED) is 0.595. The average Bonchev–Trinajstić information content (AvgIpc) is 2.75. The lowest BCUT2D eigenvalue weighted by molar-refractivity contribution is 0.551. The first-order valence-electron chi connectivity index (χ1n) is 6.54. The van der Waals surface area contributed by atoms with Crippen molar-refractivity contribution < 1.29 is 0 Å². The van der Waals surface area contributed by atoms with E-state index in [0.29, 0.717) is 0 Å². The van der Waals surface area contributed by atoms with Crippen molar-refractivity contribution in [1.82, 2.24) is 15.3 Å². The van der Waals surface area contributed by atoms with E-state index >= 15 is 0 Å². The second kappa shape index (κ2) is 6.81. The third-order valence-electron chi connectivity index (χ3n) is 2.66. The summed E-state index contributed by atoms with van der Waals surface area (Å²) >= 11 is 1.80. The zero-order valence-corrected chi connectivity index (χ0v) is 11.9. The smallest absolute Gasteiger partial charge is 0.166 e. The fraction of sp³-hybridized carbons (Fsp3) is 0.500. The molecule has 3 nitrogen and oxygen atoms in total. The van der Waals surface area contributed by atoms with Gasteiger partial charge in [-0.2, -0.15) is 0 Å². The fourth-order valence-corrected chi connectivity index (χ4v) is 2.58. The lowest BCUT2D eigenvalue weighted by Gasteiger charge is -2.06. The van der Waals surface area contributed by atoms with Gasteiger partial charge in [0.2, 0.25) is 0 Å². The van der Waals surface area contributed by atoms with Gasteiger partial charge in [0.15, 0.2) is 5.16 Å². The van der Waals surface area contributed by atoms with Gasteiger partial charge in [-0.05, 0) is 37.6 Å². The van der Waals surface area contributed by atoms with E-state index in [0.717, 1.165) is 41.0 Å². The maximum atomic E-state index is 4.55. The zero-order chi connectivity index (χ0) is 12.8. The van der Waals surface area contributed by atoms with E-state index in [1.54, 1.807) is 11.8 Å². The van der Waals surface area contributed by atoms with E-state index in [1.165, 1.54) is 6.42 Å². The number of imidazole rings is 1. The lowest BCUT2D eigenvalue weighted by Crippen LogP contribution is -2.21. The standard InChI is InChI=1S/C14H21N3S/c1-11(2)10-15-8-5-9-18-14-16-12-6-3-4-7-13(12)17-14/h3-4,6-7,11,15H,5,8-10H2,1-2H3,(H,16,17). The van der Waals surface area contributed by atoms with Crippen LogP contribution in [0.2, 0.25) is 0 Å². The molecule has 0 aliphatic heterocycles. The van der Waals surface area contributed by atoms with Crippen LogP contribution >= 0.6 is 11.8 Å². The Balaban J connectivity index is 1.70. The molecule has 2 aromatic rings. The third-order valence-corrected chi connectivity index (χ3v) is 3.62. The molecular formula is C14H21N3S. The molecule has 0 fully saturated rings. The minimum Gasteiger partial charge on any atom is -0.333 e. The molecule has 2 N–H and O–H groups in total. The number of hydrogen-bond donors (Lipinski definition) is 2.